The van der Waals surface area contributed by atoms with E-state index in [0.717, 1.165) is 27.2 Å². The number of benzene rings is 1. The molecule has 0 bridgehead atoms. The van der Waals surface area contributed by atoms with Gasteiger partial charge in [0.25, 0.3) is 20.0 Å². The Morgan fingerprint density at radius 3 is 2.11 bits per heavy atom. The number of aromatic nitrogens is 2. The number of aromatic hydroxyl groups is 2. The van der Waals surface area contributed by atoms with E-state index in [1.165, 1.54) is 58.9 Å². The van der Waals surface area contributed by atoms with E-state index in [1.807, 2.05) is 0 Å². The SMILES string of the molecule is Cn1cc(O)n(CCc2cc(N(S(=O)(=O)c3cccs3)S(=O)(=O)c3cccs3)c3c(c2O)OCO3)c1=O. The van der Waals surface area contributed by atoms with Crippen molar-refractivity contribution in [2.75, 3.05) is 10.5 Å². The Morgan fingerprint density at radius 1 is 1.00 bits per heavy atom. The quantitative estimate of drug-likeness (QED) is 0.317. The molecule has 1 aliphatic heterocycles. The third-order valence-corrected chi connectivity index (χ3v) is 12.4. The second-order valence-corrected chi connectivity index (χ2v) is 14.0. The third kappa shape index (κ3) is 4.14. The molecule has 1 aliphatic rings. The topological polar surface area (TPSA) is 157 Å². The minimum atomic E-state index is -4.67. The predicted molar refractivity (Wildman–Crippen MR) is 135 cm³/mol. The van der Waals surface area contributed by atoms with Crippen LogP contribution in [-0.2, 0) is 40.1 Å². The van der Waals surface area contributed by atoms with Crippen LogP contribution in [-0.4, -0.2) is 43.0 Å². The fraction of sp³-hybridized carbons (Fsp3) is 0.190. The normalized spacial score (nSPS) is 13.2. The summed E-state index contributed by atoms with van der Waals surface area (Å²) in [6, 6.07) is 6.68. The molecule has 3 aromatic heterocycles. The molecule has 196 valence electrons. The van der Waals surface area contributed by atoms with E-state index < -0.39 is 31.5 Å². The molecule has 0 unspecified atom stereocenters. The maximum atomic E-state index is 13.7. The van der Waals surface area contributed by atoms with Crippen molar-refractivity contribution >= 4 is 48.4 Å². The number of hydrogen-bond acceptors (Lipinski definition) is 11. The maximum Gasteiger partial charge on any atom is 0.330 e. The van der Waals surface area contributed by atoms with E-state index in [2.05, 4.69) is 0 Å². The first kappa shape index (κ1) is 25.2. The van der Waals surface area contributed by atoms with Crippen LogP contribution in [0.25, 0.3) is 0 Å². The average molecular weight is 586 g/mol. The van der Waals surface area contributed by atoms with Crippen molar-refractivity contribution in [1.82, 2.24) is 9.13 Å². The van der Waals surface area contributed by atoms with Crippen LogP contribution in [0.1, 0.15) is 5.56 Å². The van der Waals surface area contributed by atoms with Crippen LogP contribution >= 0.6 is 22.7 Å². The lowest BCUT2D eigenvalue weighted by Crippen LogP contribution is -2.36. The highest BCUT2D eigenvalue weighted by Crippen LogP contribution is 2.51. The molecule has 4 aromatic rings. The highest BCUT2D eigenvalue weighted by molar-refractivity contribution is 8.11. The number of ether oxygens (including phenoxy) is 2. The zero-order valence-electron chi connectivity index (χ0n) is 19.0. The van der Waals surface area contributed by atoms with Gasteiger partial charge in [0.1, 0.15) is 14.1 Å². The number of sulfonamides is 2. The van der Waals surface area contributed by atoms with Crippen molar-refractivity contribution in [1.29, 1.82) is 0 Å². The summed E-state index contributed by atoms with van der Waals surface area (Å²) in [7, 11) is -7.88. The molecule has 0 saturated carbocycles. The minimum absolute atomic E-state index is 0.0714. The van der Waals surface area contributed by atoms with Crippen molar-refractivity contribution in [2.45, 2.75) is 21.4 Å². The summed E-state index contributed by atoms with van der Waals surface area (Å²) in [5, 5.41) is 23.9. The molecule has 2 N–H and O–H groups in total. The first-order valence-electron chi connectivity index (χ1n) is 10.5. The second-order valence-electron chi connectivity index (χ2n) is 7.82. The number of anilines is 1. The van der Waals surface area contributed by atoms with Gasteiger partial charge in [-0.2, -0.15) is 20.5 Å². The van der Waals surface area contributed by atoms with Crippen LogP contribution in [0.5, 0.6) is 23.1 Å². The van der Waals surface area contributed by atoms with Gasteiger partial charge in [-0.25, -0.2) is 4.79 Å². The number of phenols is 1. The summed E-state index contributed by atoms with van der Waals surface area (Å²) in [5.41, 5.74) is -0.825. The smallest absolute Gasteiger partial charge is 0.330 e. The number of rotatable bonds is 8. The fourth-order valence-electron chi connectivity index (χ4n) is 3.82. The Hall–Kier alpha value is -3.47. The average Bonchev–Trinajstić information content (AvgIpc) is 3.65. The van der Waals surface area contributed by atoms with Crippen LogP contribution < -0.4 is 18.9 Å². The number of thiophene rings is 2. The van der Waals surface area contributed by atoms with Gasteiger partial charge in [0.15, 0.2) is 11.5 Å². The van der Waals surface area contributed by atoms with Gasteiger partial charge in [-0.15, -0.1) is 22.7 Å². The highest BCUT2D eigenvalue weighted by atomic mass is 32.3. The largest absolute Gasteiger partial charge is 0.504 e. The maximum absolute atomic E-state index is 13.7. The predicted octanol–water partition coefficient (Wildman–Crippen LogP) is 2.28. The Labute approximate surface area is 218 Å². The fourth-order valence-corrected chi connectivity index (χ4v) is 9.88. The van der Waals surface area contributed by atoms with Crippen LogP contribution in [0.15, 0.2) is 60.5 Å². The summed E-state index contributed by atoms with van der Waals surface area (Å²) >= 11 is 1.68. The minimum Gasteiger partial charge on any atom is -0.504 e. The van der Waals surface area contributed by atoms with Gasteiger partial charge in [-0.3, -0.25) is 9.13 Å². The van der Waals surface area contributed by atoms with E-state index in [9.17, 15) is 31.8 Å². The molecule has 4 heterocycles. The summed E-state index contributed by atoms with van der Waals surface area (Å²) in [6.07, 6.45) is 1.13. The Balaban J connectivity index is 1.70. The lowest BCUT2D eigenvalue weighted by Gasteiger charge is -2.24. The number of hydrogen-bond donors (Lipinski definition) is 2. The Bertz CT molecular complexity index is 1670. The lowest BCUT2D eigenvalue weighted by molar-refractivity contribution is 0.171. The van der Waals surface area contributed by atoms with Crippen LogP contribution in [0.3, 0.4) is 0 Å². The zero-order chi connectivity index (χ0) is 26.5. The van der Waals surface area contributed by atoms with Crippen molar-refractivity contribution in [3.05, 3.63) is 63.3 Å². The molecule has 0 saturated heterocycles. The van der Waals surface area contributed by atoms with Crippen LogP contribution in [0, 0.1) is 0 Å². The van der Waals surface area contributed by atoms with Crippen molar-refractivity contribution in [3.8, 4) is 23.1 Å². The standard InChI is InChI=1S/C21H19N3O9S4/c1-22-11-15(25)23(21(22)27)7-6-13-10-14(19-20(18(13)26)33-12-32-19)24(36(28,29)16-4-2-8-34-16)37(30,31)17-5-3-9-35-17/h2-5,8-11,25-26H,6-7,12H2,1H3. The molecule has 0 amide bonds. The molecule has 0 fully saturated rings. The number of fused-ring (bicyclic) bond motifs is 1. The van der Waals surface area contributed by atoms with E-state index in [-0.39, 0.29) is 60.5 Å². The van der Waals surface area contributed by atoms with Gasteiger partial charge >= 0.3 is 5.69 Å². The summed E-state index contributed by atoms with van der Waals surface area (Å²) in [5.74, 6) is -1.21. The van der Waals surface area contributed by atoms with Crippen molar-refractivity contribution in [2.24, 2.45) is 7.05 Å². The molecular formula is C21H19N3O9S4. The summed E-state index contributed by atoms with van der Waals surface area (Å²) in [6.45, 7) is -0.488. The summed E-state index contributed by atoms with van der Waals surface area (Å²) in [4.78, 5) is 12.3. The number of phenolic OH excluding ortho intramolecular Hbond substituents is 1. The van der Waals surface area contributed by atoms with Crippen LogP contribution in [0.4, 0.5) is 5.69 Å². The van der Waals surface area contributed by atoms with Crippen LogP contribution in [0.2, 0.25) is 0 Å². The van der Waals surface area contributed by atoms with Gasteiger partial charge in [0.05, 0.1) is 6.20 Å². The molecule has 0 spiro atoms. The molecule has 12 nitrogen and oxygen atoms in total. The molecular weight excluding hydrogens is 567 g/mol. The van der Waals surface area contributed by atoms with E-state index >= 15 is 0 Å². The second kappa shape index (κ2) is 9.13. The van der Waals surface area contributed by atoms with Gasteiger partial charge in [0.2, 0.25) is 18.4 Å². The van der Waals surface area contributed by atoms with Gasteiger partial charge in [-0.05, 0) is 35.4 Å². The van der Waals surface area contributed by atoms with Gasteiger partial charge in [-0.1, -0.05) is 12.1 Å². The number of nitrogens with zero attached hydrogens (tertiary/aromatic N) is 3. The number of aryl methyl sites for hydroxylation is 2. The number of imidazole rings is 1. The molecule has 0 aliphatic carbocycles. The van der Waals surface area contributed by atoms with Gasteiger partial charge in [0, 0.05) is 19.2 Å². The Kier molecular flexibility index (Phi) is 6.21. The first-order valence-corrected chi connectivity index (χ1v) is 15.1. The summed E-state index contributed by atoms with van der Waals surface area (Å²) < 4.78 is 67.7. The van der Waals surface area contributed by atoms with E-state index in [4.69, 9.17) is 9.47 Å². The third-order valence-electron chi connectivity index (χ3n) is 5.53. The highest BCUT2D eigenvalue weighted by Gasteiger charge is 2.42. The Morgan fingerprint density at radius 2 is 1.59 bits per heavy atom. The first-order chi connectivity index (χ1) is 17.5. The molecule has 37 heavy (non-hydrogen) atoms. The van der Waals surface area contributed by atoms with Crippen molar-refractivity contribution in [3.63, 3.8) is 0 Å². The van der Waals surface area contributed by atoms with E-state index in [1.54, 1.807) is 0 Å². The lowest BCUT2D eigenvalue weighted by atomic mass is 10.1. The molecule has 16 heteroatoms. The molecule has 0 atom stereocenters. The molecule has 1 aromatic carbocycles. The monoisotopic (exact) mass is 585 g/mol. The molecule has 0 radical (unpaired) electrons. The van der Waals surface area contributed by atoms with Crippen molar-refractivity contribution < 1.29 is 36.5 Å². The van der Waals surface area contributed by atoms with E-state index in [0.29, 0.717) is 0 Å². The molecule has 5 rings (SSSR count). The van der Waals surface area contributed by atoms with Gasteiger partial charge < -0.3 is 19.7 Å². The zero-order valence-corrected chi connectivity index (χ0v) is 22.2.